The summed E-state index contributed by atoms with van der Waals surface area (Å²) in [6, 6.07) is 22.9. The van der Waals surface area contributed by atoms with Gasteiger partial charge in [0.05, 0.1) is 12.2 Å². The van der Waals surface area contributed by atoms with Crippen molar-refractivity contribution in [3.63, 3.8) is 0 Å². The maximum atomic E-state index is 12.4. The van der Waals surface area contributed by atoms with E-state index in [1.807, 2.05) is 49.4 Å². The Kier molecular flexibility index (Phi) is 7.29. The maximum absolute atomic E-state index is 12.4. The maximum Gasteiger partial charge on any atom is 0.344 e. The Hall–Kier alpha value is -4.46. The van der Waals surface area contributed by atoms with Gasteiger partial charge in [0.25, 0.3) is 5.89 Å². The van der Waals surface area contributed by atoms with Crippen LogP contribution in [-0.2, 0) is 16.1 Å². The lowest BCUT2D eigenvalue weighted by Crippen LogP contribution is -2.15. The second-order valence-corrected chi connectivity index (χ2v) is 7.11. The number of esters is 1. The standard InChI is InChI=1S/C26H22N2O6/c1-2-31-22-11-7-6-10-21(22)26-27-23(34-28-26)16-33-24(29)17-32-20-14-12-19(13-15-20)25(30)18-8-4-3-5-9-18/h3-15H,2,16-17H2,1H3. The third kappa shape index (κ3) is 5.66. The fraction of sp³-hybridized carbons (Fsp3) is 0.154. The molecule has 0 fully saturated rings. The van der Waals surface area contributed by atoms with Gasteiger partial charge in [-0.2, -0.15) is 4.98 Å². The highest BCUT2D eigenvalue weighted by Gasteiger charge is 2.15. The molecule has 0 aliphatic rings. The molecule has 0 unspecified atom stereocenters. The molecule has 0 spiro atoms. The van der Waals surface area contributed by atoms with Gasteiger partial charge in [0.2, 0.25) is 5.82 Å². The summed E-state index contributed by atoms with van der Waals surface area (Å²) in [6.07, 6.45) is 0. The van der Waals surface area contributed by atoms with Crippen LogP contribution in [0.3, 0.4) is 0 Å². The first-order chi connectivity index (χ1) is 16.6. The SMILES string of the molecule is CCOc1ccccc1-c1noc(COC(=O)COc2ccc(C(=O)c3ccccc3)cc2)n1. The van der Waals surface area contributed by atoms with E-state index in [1.165, 1.54) is 0 Å². The Bertz CT molecular complexity index is 1250. The summed E-state index contributed by atoms with van der Waals surface area (Å²) in [7, 11) is 0. The summed E-state index contributed by atoms with van der Waals surface area (Å²) in [5.74, 6) is 0.886. The average Bonchev–Trinajstić information content (AvgIpc) is 3.36. The van der Waals surface area contributed by atoms with Crippen LogP contribution in [-0.4, -0.2) is 35.1 Å². The molecule has 0 aliphatic carbocycles. The molecule has 0 aliphatic heterocycles. The minimum Gasteiger partial charge on any atom is -0.493 e. The quantitative estimate of drug-likeness (QED) is 0.253. The summed E-state index contributed by atoms with van der Waals surface area (Å²) < 4.78 is 21.3. The average molecular weight is 458 g/mol. The van der Waals surface area contributed by atoms with E-state index in [9.17, 15) is 9.59 Å². The van der Waals surface area contributed by atoms with E-state index >= 15 is 0 Å². The minimum absolute atomic E-state index is 0.0885. The van der Waals surface area contributed by atoms with Crippen molar-refractivity contribution >= 4 is 11.8 Å². The Morgan fingerprint density at radius 3 is 2.32 bits per heavy atom. The Morgan fingerprint density at radius 2 is 1.56 bits per heavy atom. The molecule has 0 amide bonds. The van der Waals surface area contributed by atoms with Crippen molar-refractivity contribution < 1.29 is 28.3 Å². The third-order valence-corrected chi connectivity index (χ3v) is 4.76. The monoisotopic (exact) mass is 458 g/mol. The van der Waals surface area contributed by atoms with E-state index < -0.39 is 5.97 Å². The first-order valence-corrected chi connectivity index (χ1v) is 10.7. The molecule has 0 saturated heterocycles. The first kappa shape index (κ1) is 22.7. The second-order valence-electron chi connectivity index (χ2n) is 7.11. The predicted molar refractivity (Wildman–Crippen MR) is 123 cm³/mol. The van der Waals surface area contributed by atoms with Crippen molar-refractivity contribution in [1.29, 1.82) is 0 Å². The molecule has 3 aromatic carbocycles. The van der Waals surface area contributed by atoms with Crippen molar-refractivity contribution in [1.82, 2.24) is 10.1 Å². The molecular weight excluding hydrogens is 436 g/mol. The number of hydrogen-bond donors (Lipinski definition) is 0. The fourth-order valence-corrected chi connectivity index (χ4v) is 3.14. The predicted octanol–water partition coefficient (Wildman–Crippen LogP) is 4.49. The number of benzene rings is 3. The highest BCUT2D eigenvalue weighted by Crippen LogP contribution is 2.27. The molecule has 8 nitrogen and oxygen atoms in total. The fourth-order valence-electron chi connectivity index (χ4n) is 3.14. The number of para-hydroxylation sites is 1. The number of nitrogens with zero attached hydrogens (tertiary/aromatic N) is 2. The topological polar surface area (TPSA) is 101 Å². The number of aromatic nitrogens is 2. The highest BCUT2D eigenvalue weighted by molar-refractivity contribution is 6.08. The molecule has 172 valence electrons. The zero-order valence-corrected chi connectivity index (χ0v) is 18.5. The number of hydrogen-bond acceptors (Lipinski definition) is 8. The van der Waals surface area contributed by atoms with Crippen LogP contribution in [0.1, 0.15) is 28.7 Å². The van der Waals surface area contributed by atoms with Gasteiger partial charge in [0.1, 0.15) is 11.5 Å². The summed E-state index contributed by atoms with van der Waals surface area (Å²) in [5.41, 5.74) is 1.81. The van der Waals surface area contributed by atoms with Crippen LogP contribution in [0.25, 0.3) is 11.4 Å². The molecule has 0 radical (unpaired) electrons. The van der Waals surface area contributed by atoms with Crippen molar-refractivity contribution in [2.24, 2.45) is 0 Å². The van der Waals surface area contributed by atoms with Gasteiger partial charge in [0, 0.05) is 11.1 Å². The molecule has 4 aromatic rings. The van der Waals surface area contributed by atoms with E-state index in [2.05, 4.69) is 10.1 Å². The molecular formula is C26H22N2O6. The van der Waals surface area contributed by atoms with Crippen LogP contribution in [0.5, 0.6) is 11.5 Å². The molecule has 34 heavy (non-hydrogen) atoms. The first-order valence-electron chi connectivity index (χ1n) is 10.7. The van der Waals surface area contributed by atoms with E-state index in [1.54, 1.807) is 36.4 Å². The van der Waals surface area contributed by atoms with E-state index in [4.69, 9.17) is 18.7 Å². The van der Waals surface area contributed by atoms with Crippen LogP contribution in [0.15, 0.2) is 83.4 Å². The summed E-state index contributed by atoms with van der Waals surface area (Å²) >= 11 is 0. The third-order valence-electron chi connectivity index (χ3n) is 4.76. The van der Waals surface area contributed by atoms with Gasteiger partial charge in [-0.25, -0.2) is 4.79 Å². The van der Waals surface area contributed by atoms with E-state index in [0.717, 1.165) is 0 Å². The zero-order chi connectivity index (χ0) is 23.8. The van der Waals surface area contributed by atoms with Crippen LogP contribution < -0.4 is 9.47 Å². The van der Waals surface area contributed by atoms with Gasteiger partial charge in [0.15, 0.2) is 19.0 Å². The smallest absolute Gasteiger partial charge is 0.344 e. The van der Waals surface area contributed by atoms with Crippen LogP contribution in [0, 0.1) is 0 Å². The molecule has 0 atom stereocenters. The van der Waals surface area contributed by atoms with Crippen molar-refractivity contribution in [3.05, 3.63) is 95.9 Å². The van der Waals surface area contributed by atoms with Gasteiger partial charge in [-0.3, -0.25) is 4.79 Å². The molecule has 4 rings (SSSR count). The highest BCUT2D eigenvalue weighted by atomic mass is 16.6. The van der Waals surface area contributed by atoms with Crippen molar-refractivity contribution in [2.75, 3.05) is 13.2 Å². The Labute approximate surface area is 196 Å². The van der Waals surface area contributed by atoms with Gasteiger partial charge in [-0.1, -0.05) is 47.6 Å². The second kappa shape index (κ2) is 10.9. The Morgan fingerprint density at radius 1 is 0.853 bits per heavy atom. The van der Waals surface area contributed by atoms with Crippen LogP contribution in [0.2, 0.25) is 0 Å². The molecule has 1 heterocycles. The molecule has 0 saturated carbocycles. The van der Waals surface area contributed by atoms with Gasteiger partial charge in [-0.15, -0.1) is 0 Å². The summed E-state index contributed by atoms with van der Waals surface area (Å²) in [4.78, 5) is 28.8. The van der Waals surface area contributed by atoms with Gasteiger partial charge in [-0.05, 0) is 43.3 Å². The Balaban J connectivity index is 1.27. The number of ether oxygens (including phenoxy) is 3. The lowest BCUT2D eigenvalue weighted by Gasteiger charge is -2.07. The van der Waals surface area contributed by atoms with Gasteiger partial charge >= 0.3 is 5.97 Å². The molecule has 0 N–H and O–H groups in total. The molecule has 1 aromatic heterocycles. The summed E-state index contributed by atoms with van der Waals surface area (Å²) in [5, 5.41) is 3.93. The largest absolute Gasteiger partial charge is 0.493 e. The number of rotatable bonds is 10. The molecule has 0 bridgehead atoms. The normalized spacial score (nSPS) is 10.5. The summed E-state index contributed by atoms with van der Waals surface area (Å²) in [6.45, 7) is 1.90. The number of ketones is 1. The lowest BCUT2D eigenvalue weighted by molar-refractivity contribution is -0.148. The number of carbonyl (C=O) groups is 2. The lowest BCUT2D eigenvalue weighted by atomic mass is 10.0. The number of carbonyl (C=O) groups excluding carboxylic acids is 2. The minimum atomic E-state index is -0.598. The van der Waals surface area contributed by atoms with Crippen molar-refractivity contribution in [2.45, 2.75) is 13.5 Å². The van der Waals surface area contributed by atoms with Crippen molar-refractivity contribution in [3.8, 4) is 22.9 Å². The zero-order valence-electron chi connectivity index (χ0n) is 18.5. The molecule has 8 heteroatoms. The van der Waals surface area contributed by atoms with E-state index in [-0.39, 0.29) is 24.9 Å². The van der Waals surface area contributed by atoms with Gasteiger partial charge < -0.3 is 18.7 Å². The van der Waals surface area contributed by atoms with Crippen LogP contribution >= 0.6 is 0 Å². The van der Waals surface area contributed by atoms with E-state index in [0.29, 0.717) is 40.6 Å². The van der Waals surface area contributed by atoms with Crippen LogP contribution in [0.4, 0.5) is 0 Å².